The van der Waals surface area contributed by atoms with Crippen molar-refractivity contribution in [2.24, 2.45) is 10.7 Å². The smallest absolute Gasteiger partial charge is 0.416 e. The maximum atomic E-state index is 14.7. The van der Waals surface area contributed by atoms with E-state index in [1.165, 1.54) is 18.1 Å². The molecular weight excluding hydrogens is 658 g/mol. The summed E-state index contributed by atoms with van der Waals surface area (Å²) in [5, 5.41) is 0.993. The molecule has 2 N–H and O–H groups in total. The number of primary amides is 1. The molecule has 14 heteroatoms. The number of hydrogen-bond donors (Lipinski definition) is 1. The first-order valence-corrected chi connectivity index (χ1v) is 15.7. The minimum atomic E-state index is -4.61. The van der Waals surface area contributed by atoms with Gasteiger partial charge < -0.3 is 20.1 Å². The number of hydrogen-bond acceptors (Lipinski definition) is 6. The van der Waals surface area contributed by atoms with Gasteiger partial charge in [0, 0.05) is 43.3 Å². The molecule has 3 aromatic rings. The second-order valence-electron chi connectivity index (χ2n) is 11.3. The lowest BCUT2D eigenvalue weighted by Gasteiger charge is -2.44. The van der Waals surface area contributed by atoms with Crippen molar-refractivity contribution in [2.45, 2.75) is 37.8 Å². The van der Waals surface area contributed by atoms with Gasteiger partial charge in [-0.05, 0) is 67.4 Å². The highest BCUT2D eigenvalue weighted by Crippen LogP contribution is 2.46. The summed E-state index contributed by atoms with van der Waals surface area (Å²) >= 11 is 12.4. The van der Waals surface area contributed by atoms with E-state index in [9.17, 15) is 22.8 Å². The summed E-state index contributed by atoms with van der Waals surface area (Å²) in [6.07, 6.45) is -4.61. The van der Waals surface area contributed by atoms with Gasteiger partial charge >= 0.3 is 12.2 Å². The van der Waals surface area contributed by atoms with Crippen LogP contribution in [0.25, 0.3) is 0 Å². The van der Waals surface area contributed by atoms with Crippen LogP contribution in [-0.2, 0) is 15.7 Å². The van der Waals surface area contributed by atoms with Crippen molar-refractivity contribution in [1.82, 2.24) is 14.7 Å². The number of amidine groups is 1. The normalized spacial score (nSPS) is 20.1. The molecule has 3 atom stereocenters. The first-order chi connectivity index (χ1) is 22.3. The molecule has 3 amide bonds. The second kappa shape index (κ2) is 13.7. The maximum Gasteiger partial charge on any atom is 0.416 e. The summed E-state index contributed by atoms with van der Waals surface area (Å²) in [5.41, 5.74) is 5.02. The molecule has 0 aromatic heterocycles. The molecule has 5 rings (SSSR count). The molecule has 1 fully saturated rings. The Balaban J connectivity index is 1.63. The Bertz CT molecular complexity index is 1650. The fraction of sp³-hybridized carbons (Fsp3) is 0.364. The van der Waals surface area contributed by atoms with Gasteiger partial charge in [0.15, 0.2) is 5.72 Å². The molecular formula is C33H34Cl2F3N5O4. The van der Waals surface area contributed by atoms with E-state index in [2.05, 4.69) is 0 Å². The highest BCUT2D eigenvalue weighted by molar-refractivity contribution is 6.30. The van der Waals surface area contributed by atoms with Crippen LogP contribution in [0.2, 0.25) is 10.0 Å². The molecule has 2 heterocycles. The summed E-state index contributed by atoms with van der Waals surface area (Å²) in [5.74, 6) is -0.575. The van der Waals surface area contributed by atoms with Crippen LogP contribution in [0.15, 0.2) is 71.7 Å². The topological polar surface area (TPSA) is 101 Å². The van der Waals surface area contributed by atoms with E-state index < -0.39 is 41.5 Å². The summed E-state index contributed by atoms with van der Waals surface area (Å²) in [6, 6.07) is 15.3. The van der Waals surface area contributed by atoms with Crippen LogP contribution in [0.1, 0.15) is 48.2 Å². The van der Waals surface area contributed by atoms with Crippen LogP contribution in [0, 0.1) is 0 Å². The third-order valence-corrected chi connectivity index (χ3v) is 9.06. The van der Waals surface area contributed by atoms with Crippen LogP contribution in [0.4, 0.5) is 18.0 Å². The molecule has 3 aromatic carbocycles. The summed E-state index contributed by atoms with van der Waals surface area (Å²) in [6.45, 7) is 4.28. The van der Waals surface area contributed by atoms with Gasteiger partial charge in [-0.15, -0.1) is 0 Å². The number of nitrogens with zero attached hydrogens (tertiary/aromatic N) is 4. The Morgan fingerprint density at radius 1 is 0.936 bits per heavy atom. The SMILES string of the molecule is CCOc1cc(C(F)(F)F)ccc1C1=NC(c2ccc(Cl)cc2)C(c2ccc(Cl)cc2)N1C(=O)N1CCN(C(C)(OC)C(N)=O)CC1. The predicted octanol–water partition coefficient (Wildman–Crippen LogP) is 6.54. The lowest BCUT2D eigenvalue weighted by Crippen LogP contribution is -2.63. The average molecular weight is 693 g/mol. The van der Waals surface area contributed by atoms with E-state index in [0.717, 1.165) is 17.7 Å². The van der Waals surface area contributed by atoms with E-state index in [4.69, 9.17) is 43.4 Å². The fourth-order valence-electron chi connectivity index (χ4n) is 5.88. The standard InChI is InChI=1S/C33H34Cl2F3N5O4/c1-4-47-26-19-22(33(36,37)38)9-14-25(26)29-40-27(20-5-10-23(34)11-6-20)28(21-7-12-24(35)13-8-21)43(29)31(45)41-15-17-42(18-16-41)32(2,46-3)30(39)44/h5-14,19,27-28H,4,15-18H2,1-3H3,(H2,39,44). The third kappa shape index (κ3) is 6.92. The van der Waals surface area contributed by atoms with Gasteiger partial charge in [0.25, 0.3) is 5.91 Å². The minimum absolute atomic E-state index is 0.0624. The number of urea groups is 1. The number of benzene rings is 3. The monoisotopic (exact) mass is 691 g/mol. The second-order valence-corrected chi connectivity index (χ2v) is 12.1. The molecule has 2 aliphatic rings. The van der Waals surface area contributed by atoms with E-state index >= 15 is 0 Å². The zero-order valence-electron chi connectivity index (χ0n) is 25.9. The number of aliphatic imine (C=N–C) groups is 1. The number of alkyl halides is 3. The quantitative estimate of drug-likeness (QED) is 0.289. The van der Waals surface area contributed by atoms with Crippen molar-refractivity contribution >= 4 is 41.0 Å². The largest absolute Gasteiger partial charge is 0.493 e. The van der Waals surface area contributed by atoms with Gasteiger partial charge in [0.1, 0.15) is 17.6 Å². The van der Waals surface area contributed by atoms with Crippen molar-refractivity contribution in [3.05, 3.63) is 99.0 Å². The number of carbonyl (C=O) groups excluding carboxylic acids is 2. The van der Waals surface area contributed by atoms with E-state index in [0.29, 0.717) is 15.6 Å². The molecule has 3 unspecified atom stereocenters. The first kappa shape index (κ1) is 34.5. The molecule has 1 saturated heterocycles. The Labute approximate surface area is 280 Å². The number of piperazine rings is 1. The molecule has 0 aliphatic carbocycles. The molecule has 0 saturated carbocycles. The van der Waals surface area contributed by atoms with Crippen LogP contribution >= 0.6 is 23.2 Å². The Hall–Kier alpha value is -3.84. The van der Waals surface area contributed by atoms with Crippen molar-refractivity contribution in [2.75, 3.05) is 39.9 Å². The summed E-state index contributed by atoms with van der Waals surface area (Å²) < 4.78 is 52.5. The number of methoxy groups -OCH3 is 1. The molecule has 47 heavy (non-hydrogen) atoms. The molecule has 250 valence electrons. The predicted molar refractivity (Wildman–Crippen MR) is 173 cm³/mol. The zero-order valence-corrected chi connectivity index (χ0v) is 27.4. The number of amides is 3. The fourth-order valence-corrected chi connectivity index (χ4v) is 6.13. The van der Waals surface area contributed by atoms with Gasteiger partial charge in [0.05, 0.1) is 23.8 Å². The van der Waals surface area contributed by atoms with Crippen molar-refractivity contribution in [3.63, 3.8) is 0 Å². The molecule has 0 radical (unpaired) electrons. The van der Waals surface area contributed by atoms with Gasteiger partial charge in [-0.1, -0.05) is 47.5 Å². The molecule has 0 bridgehead atoms. The van der Waals surface area contributed by atoms with Crippen molar-refractivity contribution < 1.29 is 32.2 Å². The van der Waals surface area contributed by atoms with E-state index in [-0.39, 0.29) is 49.9 Å². The Kier molecular flexibility index (Phi) is 10.1. The Morgan fingerprint density at radius 2 is 1.51 bits per heavy atom. The van der Waals surface area contributed by atoms with Crippen molar-refractivity contribution in [3.8, 4) is 5.75 Å². The molecule has 2 aliphatic heterocycles. The number of rotatable bonds is 8. The number of nitrogens with two attached hydrogens (primary N) is 1. The highest BCUT2D eigenvalue weighted by Gasteiger charge is 2.47. The maximum absolute atomic E-state index is 14.7. The minimum Gasteiger partial charge on any atom is -0.493 e. The van der Waals surface area contributed by atoms with Crippen LogP contribution < -0.4 is 10.5 Å². The van der Waals surface area contributed by atoms with Crippen LogP contribution in [-0.4, -0.2) is 78.1 Å². The van der Waals surface area contributed by atoms with Gasteiger partial charge in [-0.2, -0.15) is 13.2 Å². The van der Waals surface area contributed by atoms with E-state index in [1.54, 1.807) is 72.2 Å². The molecule has 0 spiro atoms. The lowest BCUT2D eigenvalue weighted by atomic mass is 9.93. The first-order valence-electron chi connectivity index (χ1n) is 14.9. The highest BCUT2D eigenvalue weighted by atomic mass is 35.5. The summed E-state index contributed by atoms with van der Waals surface area (Å²) in [7, 11) is 1.39. The lowest BCUT2D eigenvalue weighted by molar-refractivity contribution is -0.167. The van der Waals surface area contributed by atoms with Crippen molar-refractivity contribution in [1.29, 1.82) is 0 Å². The summed E-state index contributed by atoms with van der Waals surface area (Å²) in [4.78, 5) is 36.8. The van der Waals surface area contributed by atoms with Gasteiger partial charge in [0.2, 0.25) is 0 Å². The van der Waals surface area contributed by atoms with Crippen LogP contribution in [0.3, 0.4) is 0 Å². The third-order valence-electron chi connectivity index (χ3n) is 8.55. The number of carbonyl (C=O) groups is 2. The Morgan fingerprint density at radius 3 is 2.02 bits per heavy atom. The van der Waals surface area contributed by atoms with Gasteiger partial charge in [-0.3, -0.25) is 19.6 Å². The zero-order chi connectivity index (χ0) is 34.1. The average Bonchev–Trinajstić information content (AvgIpc) is 3.44. The number of halogens is 5. The number of ether oxygens (including phenoxy) is 2. The van der Waals surface area contributed by atoms with E-state index in [1.807, 2.05) is 0 Å². The van der Waals surface area contributed by atoms with Gasteiger partial charge in [-0.25, -0.2) is 4.79 Å². The molecule has 9 nitrogen and oxygen atoms in total. The van der Waals surface area contributed by atoms with Crippen LogP contribution in [0.5, 0.6) is 5.75 Å².